The van der Waals surface area contributed by atoms with Gasteiger partial charge in [-0.15, -0.1) is 0 Å². The molecule has 0 amide bonds. The molecule has 128 valence electrons. The fraction of sp³-hybridized carbons (Fsp3) is 0.368. The van der Waals surface area contributed by atoms with Crippen LogP contribution in [0.4, 0.5) is 10.1 Å². The summed E-state index contributed by atoms with van der Waals surface area (Å²) in [4.78, 5) is 2.25. The van der Waals surface area contributed by atoms with Gasteiger partial charge < -0.3 is 20.1 Å². The number of piperidine rings is 1. The largest absolute Gasteiger partial charge is 0.493 e. The van der Waals surface area contributed by atoms with Gasteiger partial charge in [0.25, 0.3) is 0 Å². The number of anilines is 1. The molecule has 4 nitrogen and oxygen atoms in total. The monoisotopic (exact) mass is 330 g/mol. The SMILES string of the molecule is COc1ccc(N2CC(N)CC(c3ccc(F)cc3)C2)cc1OC. The van der Waals surface area contributed by atoms with Crippen LogP contribution < -0.4 is 20.1 Å². The summed E-state index contributed by atoms with van der Waals surface area (Å²) in [6, 6.07) is 12.7. The Bertz CT molecular complexity index is 690. The molecule has 0 aliphatic carbocycles. The zero-order valence-corrected chi connectivity index (χ0v) is 14.0. The minimum Gasteiger partial charge on any atom is -0.493 e. The van der Waals surface area contributed by atoms with Crippen LogP contribution in [0.5, 0.6) is 11.5 Å². The highest BCUT2D eigenvalue weighted by Crippen LogP contribution is 2.35. The van der Waals surface area contributed by atoms with E-state index >= 15 is 0 Å². The van der Waals surface area contributed by atoms with E-state index in [4.69, 9.17) is 15.2 Å². The van der Waals surface area contributed by atoms with E-state index in [1.165, 1.54) is 12.1 Å². The number of nitrogens with zero attached hydrogens (tertiary/aromatic N) is 1. The van der Waals surface area contributed by atoms with Gasteiger partial charge in [0.05, 0.1) is 14.2 Å². The highest BCUT2D eigenvalue weighted by atomic mass is 19.1. The number of hydrogen-bond acceptors (Lipinski definition) is 4. The summed E-state index contributed by atoms with van der Waals surface area (Å²) in [5, 5.41) is 0. The summed E-state index contributed by atoms with van der Waals surface area (Å²) in [5.41, 5.74) is 8.45. The minimum absolute atomic E-state index is 0.0712. The van der Waals surface area contributed by atoms with Crippen LogP contribution in [-0.2, 0) is 0 Å². The summed E-state index contributed by atoms with van der Waals surface area (Å²) in [5.74, 6) is 1.48. The second-order valence-corrected chi connectivity index (χ2v) is 6.19. The molecule has 0 bridgehead atoms. The van der Waals surface area contributed by atoms with Crippen molar-refractivity contribution in [3.05, 3.63) is 53.8 Å². The fourth-order valence-corrected chi connectivity index (χ4v) is 3.35. The Balaban J connectivity index is 1.84. The quantitative estimate of drug-likeness (QED) is 0.935. The highest BCUT2D eigenvalue weighted by Gasteiger charge is 2.27. The van der Waals surface area contributed by atoms with Crippen molar-refractivity contribution in [2.24, 2.45) is 5.73 Å². The van der Waals surface area contributed by atoms with Crippen LogP contribution in [0.25, 0.3) is 0 Å². The molecule has 2 N–H and O–H groups in total. The maximum absolute atomic E-state index is 13.2. The Hall–Kier alpha value is -2.27. The van der Waals surface area contributed by atoms with Crippen molar-refractivity contribution < 1.29 is 13.9 Å². The smallest absolute Gasteiger partial charge is 0.162 e. The van der Waals surface area contributed by atoms with E-state index in [9.17, 15) is 4.39 Å². The maximum atomic E-state index is 13.2. The molecule has 1 saturated heterocycles. The molecule has 5 heteroatoms. The van der Waals surface area contributed by atoms with Gasteiger partial charge in [-0.2, -0.15) is 0 Å². The second kappa shape index (κ2) is 7.09. The Morgan fingerprint density at radius 3 is 2.38 bits per heavy atom. The van der Waals surface area contributed by atoms with Gasteiger partial charge in [0.15, 0.2) is 11.5 Å². The van der Waals surface area contributed by atoms with E-state index < -0.39 is 0 Å². The van der Waals surface area contributed by atoms with E-state index in [2.05, 4.69) is 4.90 Å². The zero-order valence-electron chi connectivity index (χ0n) is 14.0. The van der Waals surface area contributed by atoms with E-state index in [0.29, 0.717) is 11.5 Å². The van der Waals surface area contributed by atoms with E-state index in [1.807, 2.05) is 30.3 Å². The van der Waals surface area contributed by atoms with Crippen molar-refractivity contribution in [3.8, 4) is 11.5 Å². The van der Waals surface area contributed by atoms with Crippen LogP contribution in [0.2, 0.25) is 0 Å². The molecule has 0 saturated carbocycles. The predicted octanol–water partition coefficient (Wildman–Crippen LogP) is 3.16. The Labute approximate surface area is 142 Å². The van der Waals surface area contributed by atoms with Gasteiger partial charge in [-0.3, -0.25) is 0 Å². The molecule has 24 heavy (non-hydrogen) atoms. The van der Waals surface area contributed by atoms with Crippen LogP contribution in [0.15, 0.2) is 42.5 Å². The van der Waals surface area contributed by atoms with Crippen molar-refractivity contribution >= 4 is 5.69 Å². The van der Waals surface area contributed by atoms with Gasteiger partial charge in [-0.1, -0.05) is 12.1 Å². The third-order valence-electron chi connectivity index (χ3n) is 4.56. The molecule has 2 aromatic rings. The van der Waals surface area contributed by atoms with Crippen LogP contribution in [0.1, 0.15) is 17.9 Å². The van der Waals surface area contributed by atoms with Gasteiger partial charge >= 0.3 is 0 Å². The molecular formula is C19H23FN2O2. The Morgan fingerprint density at radius 2 is 1.71 bits per heavy atom. The number of rotatable bonds is 4. The van der Waals surface area contributed by atoms with Gasteiger partial charge in [0.1, 0.15) is 5.82 Å². The first-order valence-electron chi connectivity index (χ1n) is 8.08. The van der Waals surface area contributed by atoms with Crippen LogP contribution >= 0.6 is 0 Å². The Morgan fingerprint density at radius 1 is 1.00 bits per heavy atom. The first-order chi connectivity index (χ1) is 11.6. The molecule has 2 atom stereocenters. The summed E-state index contributed by atoms with van der Waals surface area (Å²) in [6.07, 6.45) is 0.898. The Kier molecular flexibility index (Phi) is 4.90. The maximum Gasteiger partial charge on any atom is 0.162 e. The summed E-state index contributed by atoms with van der Waals surface area (Å²) >= 11 is 0. The fourth-order valence-electron chi connectivity index (χ4n) is 3.35. The molecule has 0 radical (unpaired) electrons. The average Bonchev–Trinajstić information content (AvgIpc) is 2.61. The van der Waals surface area contributed by atoms with Crippen molar-refractivity contribution in [3.63, 3.8) is 0 Å². The number of nitrogens with two attached hydrogens (primary N) is 1. The predicted molar refractivity (Wildman–Crippen MR) is 93.5 cm³/mol. The topological polar surface area (TPSA) is 47.7 Å². The lowest BCUT2D eigenvalue weighted by molar-refractivity contribution is 0.354. The molecule has 1 aliphatic rings. The minimum atomic E-state index is -0.212. The molecule has 0 aromatic heterocycles. The third-order valence-corrected chi connectivity index (χ3v) is 4.56. The number of ether oxygens (including phenoxy) is 2. The number of benzene rings is 2. The lowest BCUT2D eigenvalue weighted by atomic mass is 9.88. The van der Waals surface area contributed by atoms with Gasteiger partial charge in [-0.25, -0.2) is 4.39 Å². The van der Waals surface area contributed by atoms with Crippen molar-refractivity contribution in [2.45, 2.75) is 18.4 Å². The lowest BCUT2D eigenvalue weighted by Gasteiger charge is -2.38. The molecule has 1 aliphatic heterocycles. The first-order valence-corrected chi connectivity index (χ1v) is 8.08. The molecule has 2 unspecified atom stereocenters. The summed E-state index contributed by atoms with van der Waals surface area (Å²) in [7, 11) is 3.25. The third kappa shape index (κ3) is 3.46. The van der Waals surface area contributed by atoms with Crippen LogP contribution in [0, 0.1) is 5.82 Å². The summed E-state index contributed by atoms with van der Waals surface area (Å²) in [6.45, 7) is 1.63. The average molecular weight is 330 g/mol. The van der Waals surface area contributed by atoms with Crippen LogP contribution in [-0.4, -0.2) is 33.4 Å². The molecule has 3 rings (SSSR count). The number of hydrogen-bond donors (Lipinski definition) is 1. The zero-order chi connectivity index (χ0) is 17.1. The van der Waals surface area contributed by atoms with Crippen molar-refractivity contribution in [2.75, 3.05) is 32.2 Å². The van der Waals surface area contributed by atoms with E-state index in [0.717, 1.165) is 30.8 Å². The lowest BCUT2D eigenvalue weighted by Crippen LogP contribution is -2.46. The highest BCUT2D eigenvalue weighted by molar-refractivity contribution is 5.57. The van der Waals surface area contributed by atoms with Gasteiger partial charge in [0.2, 0.25) is 0 Å². The van der Waals surface area contributed by atoms with Crippen molar-refractivity contribution in [1.29, 1.82) is 0 Å². The molecule has 1 heterocycles. The standard InChI is InChI=1S/C19H23FN2O2/c1-23-18-8-7-17(10-19(18)24-2)22-11-14(9-16(21)12-22)13-3-5-15(20)6-4-13/h3-8,10,14,16H,9,11-12,21H2,1-2H3. The normalized spacial score (nSPS) is 20.8. The first kappa shape index (κ1) is 16.6. The molecule has 2 aromatic carbocycles. The van der Waals surface area contributed by atoms with Crippen molar-refractivity contribution in [1.82, 2.24) is 0 Å². The van der Waals surface area contributed by atoms with Gasteiger partial charge in [0, 0.05) is 36.8 Å². The van der Waals surface area contributed by atoms with E-state index in [-0.39, 0.29) is 17.8 Å². The number of halogens is 1. The van der Waals surface area contributed by atoms with Gasteiger partial charge in [-0.05, 0) is 36.2 Å². The second-order valence-electron chi connectivity index (χ2n) is 6.19. The van der Waals surface area contributed by atoms with E-state index in [1.54, 1.807) is 14.2 Å². The summed E-state index contributed by atoms with van der Waals surface area (Å²) < 4.78 is 23.9. The molecule has 1 fully saturated rings. The molecule has 0 spiro atoms. The van der Waals surface area contributed by atoms with Crippen LogP contribution in [0.3, 0.4) is 0 Å². The molecular weight excluding hydrogens is 307 g/mol. The number of methoxy groups -OCH3 is 2.